The molecule has 0 bridgehead atoms. The van der Waals surface area contributed by atoms with Crippen LogP contribution in [-0.4, -0.2) is 40.4 Å². The molecule has 4 nitrogen and oxygen atoms in total. The maximum Gasteiger partial charge on any atom is 0.0524 e. The van der Waals surface area contributed by atoms with E-state index in [0.717, 1.165) is 25.0 Å². The molecule has 0 aliphatic carbocycles. The molecule has 3 rings (SSSR count). The highest BCUT2D eigenvalue weighted by atomic mass is 15.3. The predicted octanol–water partition coefficient (Wildman–Crippen LogP) is 1.09. The van der Waals surface area contributed by atoms with Crippen LogP contribution in [0, 0.1) is 5.92 Å². The Hall–Kier alpha value is -0.870. The number of fused-ring (bicyclic) bond motifs is 1. The highest BCUT2D eigenvalue weighted by molar-refractivity contribution is 5.02. The Morgan fingerprint density at radius 1 is 1.47 bits per heavy atom. The van der Waals surface area contributed by atoms with Gasteiger partial charge in [-0.05, 0) is 38.3 Å². The van der Waals surface area contributed by atoms with Gasteiger partial charge in [0.2, 0.25) is 0 Å². The Morgan fingerprint density at radius 3 is 3.24 bits per heavy atom. The van der Waals surface area contributed by atoms with Crippen molar-refractivity contribution >= 4 is 0 Å². The second-order valence-electron chi connectivity index (χ2n) is 5.30. The second-order valence-corrected chi connectivity index (χ2v) is 5.30. The lowest BCUT2D eigenvalue weighted by atomic mass is 9.94. The number of piperidine rings is 1. The molecule has 0 unspecified atom stereocenters. The molecule has 0 aromatic carbocycles. The summed E-state index contributed by atoms with van der Waals surface area (Å²) in [5.74, 6) is 0.877. The zero-order valence-corrected chi connectivity index (χ0v) is 10.6. The van der Waals surface area contributed by atoms with Crippen LogP contribution < -0.4 is 5.32 Å². The molecule has 17 heavy (non-hydrogen) atoms. The van der Waals surface area contributed by atoms with Gasteiger partial charge in [-0.1, -0.05) is 0 Å². The first-order valence-corrected chi connectivity index (χ1v) is 6.83. The fraction of sp³-hybridized carbons (Fsp3) is 0.769. The van der Waals surface area contributed by atoms with Crippen molar-refractivity contribution in [3.8, 4) is 0 Å². The molecule has 2 fully saturated rings. The number of nitrogens with one attached hydrogen (secondary N) is 1. The van der Waals surface area contributed by atoms with E-state index < -0.39 is 0 Å². The molecular weight excluding hydrogens is 212 g/mol. The van der Waals surface area contributed by atoms with Crippen molar-refractivity contribution < 1.29 is 0 Å². The summed E-state index contributed by atoms with van der Waals surface area (Å²) in [7, 11) is 0. The highest BCUT2D eigenvalue weighted by Crippen LogP contribution is 2.25. The van der Waals surface area contributed by atoms with Crippen LogP contribution in [0.2, 0.25) is 0 Å². The third-order valence-electron chi connectivity index (χ3n) is 4.16. The number of rotatable bonds is 3. The largest absolute Gasteiger partial charge is 0.312 e. The summed E-state index contributed by atoms with van der Waals surface area (Å²) < 4.78 is 2.11. The van der Waals surface area contributed by atoms with Crippen LogP contribution in [0.1, 0.15) is 25.5 Å². The zero-order chi connectivity index (χ0) is 11.7. The van der Waals surface area contributed by atoms with Crippen molar-refractivity contribution in [2.75, 3.05) is 19.6 Å². The second kappa shape index (κ2) is 4.78. The Kier molecular flexibility index (Phi) is 3.16. The summed E-state index contributed by atoms with van der Waals surface area (Å²) in [4.78, 5) is 2.58. The van der Waals surface area contributed by atoms with Crippen molar-refractivity contribution in [1.82, 2.24) is 20.0 Å². The van der Waals surface area contributed by atoms with Gasteiger partial charge < -0.3 is 5.32 Å². The fourth-order valence-electron chi connectivity index (χ4n) is 3.27. The van der Waals surface area contributed by atoms with Crippen LogP contribution >= 0.6 is 0 Å². The molecular formula is C13H22N4. The van der Waals surface area contributed by atoms with Gasteiger partial charge in [-0.3, -0.25) is 9.58 Å². The summed E-state index contributed by atoms with van der Waals surface area (Å²) in [6, 6.07) is 2.89. The number of aromatic nitrogens is 2. The minimum absolute atomic E-state index is 0.738. The van der Waals surface area contributed by atoms with Crippen molar-refractivity contribution in [1.29, 1.82) is 0 Å². The van der Waals surface area contributed by atoms with E-state index in [1.54, 1.807) is 0 Å². The summed E-state index contributed by atoms with van der Waals surface area (Å²) in [6.07, 6.45) is 4.67. The molecule has 1 N–H and O–H groups in total. The first-order chi connectivity index (χ1) is 8.36. The SMILES string of the molecule is CCn1nccc1CN1C[C@@H]2CCCN[C@@H]2C1. The molecule has 0 spiro atoms. The van der Waals surface area contributed by atoms with E-state index in [1.165, 1.54) is 38.2 Å². The zero-order valence-electron chi connectivity index (χ0n) is 10.6. The lowest BCUT2D eigenvalue weighted by molar-refractivity contribution is 0.302. The molecule has 2 atom stereocenters. The van der Waals surface area contributed by atoms with Gasteiger partial charge in [0, 0.05) is 38.4 Å². The van der Waals surface area contributed by atoms with Crippen molar-refractivity contribution in [3.63, 3.8) is 0 Å². The maximum atomic E-state index is 4.34. The summed E-state index contributed by atoms with van der Waals surface area (Å²) >= 11 is 0. The monoisotopic (exact) mass is 234 g/mol. The minimum Gasteiger partial charge on any atom is -0.312 e. The molecule has 1 aromatic rings. The van der Waals surface area contributed by atoms with E-state index in [1.807, 2.05) is 6.20 Å². The van der Waals surface area contributed by atoms with E-state index in [0.29, 0.717) is 0 Å². The van der Waals surface area contributed by atoms with Gasteiger partial charge in [-0.2, -0.15) is 5.10 Å². The molecule has 0 saturated carbocycles. The van der Waals surface area contributed by atoms with Crippen LogP contribution in [0.15, 0.2) is 12.3 Å². The number of likely N-dealkylation sites (tertiary alicyclic amines) is 1. The average molecular weight is 234 g/mol. The molecule has 2 aliphatic rings. The minimum atomic E-state index is 0.738. The maximum absolute atomic E-state index is 4.34. The Balaban J connectivity index is 1.63. The number of nitrogens with zero attached hydrogens (tertiary/aromatic N) is 3. The molecule has 4 heteroatoms. The number of hydrogen-bond acceptors (Lipinski definition) is 3. The van der Waals surface area contributed by atoms with Gasteiger partial charge in [0.05, 0.1) is 5.69 Å². The summed E-state index contributed by atoms with van der Waals surface area (Å²) in [5.41, 5.74) is 1.35. The van der Waals surface area contributed by atoms with Crippen molar-refractivity contribution in [2.45, 2.75) is 38.9 Å². The fourth-order valence-corrected chi connectivity index (χ4v) is 3.27. The summed E-state index contributed by atoms with van der Waals surface area (Å²) in [6.45, 7) is 7.86. The van der Waals surface area contributed by atoms with Gasteiger partial charge >= 0.3 is 0 Å². The van der Waals surface area contributed by atoms with Crippen molar-refractivity contribution in [2.24, 2.45) is 5.92 Å². The van der Waals surface area contributed by atoms with Crippen molar-refractivity contribution in [3.05, 3.63) is 18.0 Å². The molecule has 0 amide bonds. The van der Waals surface area contributed by atoms with Gasteiger partial charge in [0.25, 0.3) is 0 Å². The molecule has 2 saturated heterocycles. The predicted molar refractivity (Wildman–Crippen MR) is 67.7 cm³/mol. The van der Waals surface area contributed by atoms with Gasteiger partial charge in [0.15, 0.2) is 0 Å². The topological polar surface area (TPSA) is 33.1 Å². The van der Waals surface area contributed by atoms with Crippen LogP contribution in [0.3, 0.4) is 0 Å². The molecule has 3 heterocycles. The van der Waals surface area contributed by atoms with Crippen LogP contribution in [0.25, 0.3) is 0 Å². The van der Waals surface area contributed by atoms with E-state index in [-0.39, 0.29) is 0 Å². The molecule has 2 aliphatic heterocycles. The first kappa shape index (κ1) is 11.2. The number of hydrogen-bond donors (Lipinski definition) is 1. The first-order valence-electron chi connectivity index (χ1n) is 6.83. The van der Waals surface area contributed by atoms with E-state index >= 15 is 0 Å². The van der Waals surface area contributed by atoms with E-state index in [4.69, 9.17) is 0 Å². The van der Waals surface area contributed by atoms with Gasteiger partial charge in [0.1, 0.15) is 0 Å². The summed E-state index contributed by atoms with van der Waals surface area (Å²) in [5, 5.41) is 8.00. The van der Waals surface area contributed by atoms with Gasteiger partial charge in [-0.25, -0.2) is 0 Å². The van der Waals surface area contributed by atoms with Crippen LogP contribution in [0.4, 0.5) is 0 Å². The lowest BCUT2D eigenvalue weighted by Crippen LogP contribution is -2.40. The standard InChI is InChI=1S/C13H22N4/c1-2-17-12(5-7-15-17)9-16-8-11-4-3-6-14-13(11)10-16/h5,7,11,13-14H,2-4,6,8-10H2,1H3/t11-,13+/m0/s1. The normalized spacial score (nSPS) is 29.5. The third kappa shape index (κ3) is 2.24. The molecule has 1 aromatic heterocycles. The van der Waals surface area contributed by atoms with E-state index in [9.17, 15) is 0 Å². The third-order valence-corrected chi connectivity index (χ3v) is 4.16. The highest BCUT2D eigenvalue weighted by Gasteiger charge is 2.34. The Bertz CT molecular complexity index is 359. The Morgan fingerprint density at radius 2 is 2.41 bits per heavy atom. The number of aryl methyl sites for hydroxylation is 1. The van der Waals surface area contributed by atoms with Crippen LogP contribution in [0.5, 0.6) is 0 Å². The Labute approximate surface area is 103 Å². The molecule has 94 valence electrons. The molecule has 0 radical (unpaired) electrons. The smallest absolute Gasteiger partial charge is 0.0524 e. The van der Waals surface area contributed by atoms with E-state index in [2.05, 4.69) is 33.0 Å². The van der Waals surface area contributed by atoms with Gasteiger partial charge in [-0.15, -0.1) is 0 Å². The van der Waals surface area contributed by atoms with Crippen LogP contribution in [-0.2, 0) is 13.1 Å². The quantitative estimate of drug-likeness (QED) is 0.850. The average Bonchev–Trinajstić information content (AvgIpc) is 2.94. The lowest BCUT2D eigenvalue weighted by Gasteiger charge is -2.24.